The molecule has 0 aliphatic carbocycles. The monoisotopic (exact) mass is 404 g/mol. The van der Waals surface area contributed by atoms with E-state index in [1.165, 1.54) is 0 Å². The van der Waals surface area contributed by atoms with Gasteiger partial charge in [0.25, 0.3) is 0 Å². The molecule has 0 aliphatic rings. The zero-order valence-corrected chi connectivity index (χ0v) is 15.9. The van der Waals surface area contributed by atoms with Crippen LogP contribution in [0.3, 0.4) is 0 Å². The van der Waals surface area contributed by atoms with Crippen molar-refractivity contribution in [3.63, 3.8) is 0 Å². The zero-order chi connectivity index (χ0) is 21.0. The second kappa shape index (κ2) is 8.43. The number of hydrogen-bond donors (Lipinski definition) is 1. The minimum Gasteiger partial charge on any atom is -0.457 e. The van der Waals surface area contributed by atoms with Gasteiger partial charge in [0, 0.05) is 49.7 Å². The summed E-state index contributed by atoms with van der Waals surface area (Å²) >= 11 is 0. The van der Waals surface area contributed by atoms with Gasteiger partial charge in [0.05, 0.1) is 5.56 Å². The molecule has 3 aromatic carbocycles. The Bertz CT molecular complexity index is 987. The molecule has 3 aromatic rings. The molecule has 152 valence electrons. The van der Waals surface area contributed by atoms with Crippen molar-refractivity contribution < 1.29 is 22.3 Å². The zero-order valence-electron chi connectivity index (χ0n) is 15.9. The first-order valence-electron chi connectivity index (χ1n) is 8.87. The van der Waals surface area contributed by atoms with E-state index in [2.05, 4.69) is 5.32 Å². The molecule has 0 fully saturated rings. The molecule has 0 spiro atoms. The Morgan fingerprint density at radius 3 is 2.28 bits per heavy atom. The van der Waals surface area contributed by atoms with Gasteiger partial charge in [0.15, 0.2) is 0 Å². The van der Waals surface area contributed by atoms with Crippen LogP contribution >= 0.6 is 0 Å². The number of ether oxygens (including phenoxy) is 1. The molecule has 7 heteroatoms. The largest absolute Gasteiger partial charge is 0.457 e. The maximum Gasteiger partial charge on any atom is 0.416 e. The lowest BCUT2D eigenvalue weighted by molar-refractivity contribution is -0.137. The maximum absolute atomic E-state index is 13.9. The molecule has 0 aromatic heterocycles. The lowest BCUT2D eigenvalue weighted by Gasteiger charge is -2.15. The van der Waals surface area contributed by atoms with Crippen LogP contribution in [0.5, 0.6) is 11.5 Å². The minimum atomic E-state index is -4.52. The highest BCUT2D eigenvalue weighted by molar-refractivity contribution is 5.52. The Kier molecular flexibility index (Phi) is 5.96. The fraction of sp³-hybridized carbons (Fsp3) is 0.182. The van der Waals surface area contributed by atoms with Crippen molar-refractivity contribution in [3.8, 4) is 11.5 Å². The second-order valence-electron chi connectivity index (χ2n) is 6.68. The molecular weight excluding hydrogens is 384 g/mol. The molecule has 0 unspecified atom stereocenters. The molecule has 1 N–H and O–H groups in total. The molecule has 0 saturated carbocycles. The van der Waals surface area contributed by atoms with Crippen molar-refractivity contribution >= 4 is 11.4 Å². The lowest BCUT2D eigenvalue weighted by Crippen LogP contribution is -2.08. The molecule has 3 rings (SSSR count). The molecule has 0 radical (unpaired) electrons. The predicted molar refractivity (Wildman–Crippen MR) is 106 cm³/mol. The third-order valence-corrected chi connectivity index (χ3v) is 4.26. The molecule has 29 heavy (non-hydrogen) atoms. The molecule has 3 nitrogen and oxygen atoms in total. The van der Waals surface area contributed by atoms with Gasteiger partial charge in [-0.05, 0) is 42.5 Å². The highest BCUT2D eigenvalue weighted by atomic mass is 19.4. The van der Waals surface area contributed by atoms with Crippen molar-refractivity contribution in [1.82, 2.24) is 0 Å². The highest BCUT2D eigenvalue weighted by Gasteiger charge is 2.31. The smallest absolute Gasteiger partial charge is 0.416 e. The number of benzene rings is 3. The Hall–Kier alpha value is -3.22. The van der Waals surface area contributed by atoms with E-state index in [1.807, 2.05) is 43.3 Å². The number of nitrogens with zero attached hydrogens (tertiary/aromatic N) is 1. The predicted octanol–water partition coefficient (Wildman–Crippen LogP) is 6.31. The topological polar surface area (TPSA) is 24.5 Å². The van der Waals surface area contributed by atoms with Crippen LogP contribution in [0.4, 0.5) is 28.9 Å². The van der Waals surface area contributed by atoms with Crippen molar-refractivity contribution in [3.05, 3.63) is 83.7 Å². The summed E-state index contributed by atoms with van der Waals surface area (Å²) in [5, 5.41) is 2.94. The van der Waals surface area contributed by atoms with Crippen LogP contribution < -0.4 is 15.0 Å². The summed E-state index contributed by atoms with van der Waals surface area (Å²) in [4.78, 5) is 1.95. The first-order valence-corrected chi connectivity index (χ1v) is 8.87. The number of alkyl halides is 3. The Morgan fingerprint density at radius 2 is 1.59 bits per heavy atom. The van der Waals surface area contributed by atoms with Gasteiger partial charge in [-0.3, -0.25) is 0 Å². The summed E-state index contributed by atoms with van der Waals surface area (Å²) in [6, 6.07) is 16.9. The summed E-state index contributed by atoms with van der Waals surface area (Å²) in [5.41, 5.74) is 0.637. The van der Waals surface area contributed by atoms with Gasteiger partial charge in [-0.25, -0.2) is 4.39 Å². The third kappa shape index (κ3) is 5.40. The fourth-order valence-corrected chi connectivity index (χ4v) is 2.71. The summed E-state index contributed by atoms with van der Waals surface area (Å²) in [6.07, 6.45) is -4.52. The van der Waals surface area contributed by atoms with E-state index in [4.69, 9.17) is 4.74 Å². The second-order valence-corrected chi connectivity index (χ2v) is 6.68. The summed E-state index contributed by atoms with van der Waals surface area (Å²) < 4.78 is 58.3. The van der Waals surface area contributed by atoms with Gasteiger partial charge in [-0.2, -0.15) is 13.2 Å². The standard InChI is InChI=1S/C22H20F4N2O/c1-28(2)18-6-4-8-20(13-18)29-19-7-3-5-17(12-19)27-14-15-11-16(22(24,25)26)9-10-21(15)23/h3-13,27H,14H2,1-2H3. The Morgan fingerprint density at radius 1 is 0.897 bits per heavy atom. The van der Waals surface area contributed by atoms with Crippen molar-refractivity contribution in [2.45, 2.75) is 12.7 Å². The van der Waals surface area contributed by atoms with Gasteiger partial charge in [-0.15, -0.1) is 0 Å². The first-order chi connectivity index (χ1) is 13.7. The summed E-state index contributed by atoms with van der Waals surface area (Å²) in [7, 11) is 3.85. The van der Waals surface area contributed by atoms with Gasteiger partial charge in [0.1, 0.15) is 17.3 Å². The van der Waals surface area contributed by atoms with E-state index in [0.717, 1.165) is 23.9 Å². The number of rotatable bonds is 6. The Labute approximate surface area is 166 Å². The normalized spacial score (nSPS) is 11.2. The molecule has 0 aliphatic heterocycles. The number of nitrogens with one attached hydrogen (secondary N) is 1. The number of hydrogen-bond acceptors (Lipinski definition) is 3. The SMILES string of the molecule is CN(C)c1cccc(Oc2cccc(NCc3cc(C(F)(F)F)ccc3F)c2)c1. The van der Waals surface area contributed by atoms with Gasteiger partial charge < -0.3 is 15.0 Å². The van der Waals surface area contributed by atoms with Crippen LogP contribution in [-0.4, -0.2) is 14.1 Å². The van der Waals surface area contributed by atoms with Crippen LogP contribution in [0.2, 0.25) is 0 Å². The van der Waals surface area contributed by atoms with E-state index in [0.29, 0.717) is 17.2 Å². The van der Waals surface area contributed by atoms with E-state index in [9.17, 15) is 17.6 Å². The molecule has 0 heterocycles. The quantitative estimate of drug-likeness (QED) is 0.487. The van der Waals surface area contributed by atoms with Gasteiger partial charge >= 0.3 is 6.18 Å². The number of anilines is 2. The minimum absolute atomic E-state index is 0.0650. The summed E-state index contributed by atoms with van der Waals surface area (Å²) in [5.74, 6) is 0.506. The van der Waals surface area contributed by atoms with Gasteiger partial charge in [0.2, 0.25) is 0 Å². The van der Waals surface area contributed by atoms with Crippen molar-refractivity contribution in [1.29, 1.82) is 0 Å². The molecule has 0 saturated heterocycles. The number of halogens is 4. The van der Waals surface area contributed by atoms with E-state index < -0.39 is 17.6 Å². The Balaban J connectivity index is 1.72. The maximum atomic E-state index is 13.9. The van der Waals surface area contributed by atoms with Crippen LogP contribution in [0.1, 0.15) is 11.1 Å². The average Bonchev–Trinajstić information content (AvgIpc) is 2.67. The molecule has 0 bridgehead atoms. The van der Waals surface area contributed by atoms with Crippen LogP contribution in [-0.2, 0) is 12.7 Å². The fourth-order valence-electron chi connectivity index (χ4n) is 2.71. The third-order valence-electron chi connectivity index (χ3n) is 4.26. The molecule has 0 atom stereocenters. The van der Waals surface area contributed by atoms with E-state index >= 15 is 0 Å². The van der Waals surface area contributed by atoms with Crippen LogP contribution in [0.25, 0.3) is 0 Å². The van der Waals surface area contributed by atoms with E-state index in [-0.39, 0.29) is 12.1 Å². The van der Waals surface area contributed by atoms with Crippen LogP contribution in [0, 0.1) is 5.82 Å². The van der Waals surface area contributed by atoms with Crippen LogP contribution in [0.15, 0.2) is 66.7 Å². The molecule has 0 amide bonds. The lowest BCUT2D eigenvalue weighted by atomic mass is 10.1. The van der Waals surface area contributed by atoms with Crippen molar-refractivity contribution in [2.75, 3.05) is 24.3 Å². The van der Waals surface area contributed by atoms with Crippen molar-refractivity contribution in [2.24, 2.45) is 0 Å². The summed E-state index contributed by atoms with van der Waals surface area (Å²) in [6.45, 7) is -0.0880. The highest BCUT2D eigenvalue weighted by Crippen LogP contribution is 2.31. The average molecular weight is 404 g/mol. The van der Waals surface area contributed by atoms with E-state index in [1.54, 1.807) is 24.3 Å². The first kappa shape index (κ1) is 20.5. The molecular formula is C22H20F4N2O. The van der Waals surface area contributed by atoms with Gasteiger partial charge in [-0.1, -0.05) is 12.1 Å².